The molecule has 5 atom stereocenters. The van der Waals surface area contributed by atoms with Crippen molar-refractivity contribution in [1.29, 1.82) is 0 Å². The van der Waals surface area contributed by atoms with E-state index in [4.69, 9.17) is 9.15 Å². The third kappa shape index (κ3) is 2.36. The van der Waals surface area contributed by atoms with Crippen molar-refractivity contribution in [3.8, 4) is 0 Å². The maximum atomic E-state index is 13.8. The zero-order valence-corrected chi connectivity index (χ0v) is 12.9. The number of benzene rings is 1. The quantitative estimate of drug-likeness (QED) is 0.931. The predicted octanol–water partition coefficient (Wildman–Crippen LogP) is 3.89. The van der Waals surface area contributed by atoms with E-state index in [0.29, 0.717) is 17.4 Å². The fraction of sp³-hybridized carbons (Fsp3) is 0.529. The van der Waals surface area contributed by atoms with Gasteiger partial charge in [-0.15, -0.1) is 0 Å². The molecular weight excluding hydrogens is 269 g/mol. The molecule has 1 saturated heterocycles. The molecule has 2 heterocycles. The monoisotopic (exact) mass is 291 g/mol. The van der Waals surface area contributed by atoms with Gasteiger partial charge in [-0.05, 0) is 38.9 Å². The van der Waals surface area contributed by atoms with Gasteiger partial charge in [-0.3, -0.25) is 0 Å². The van der Waals surface area contributed by atoms with Crippen molar-refractivity contribution >= 4 is 11.0 Å². The number of rotatable bonds is 3. The van der Waals surface area contributed by atoms with Crippen LogP contribution >= 0.6 is 0 Å². The molecule has 1 aromatic carbocycles. The summed E-state index contributed by atoms with van der Waals surface area (Å²) in [4.78, 5) is 0. The molecule has 0 spiro atoms. The van der Waals surface area contributed by atoms with E-state index in [-0.39, 0.29) is 24.1 Å². The Kier molecular flexibility index (Phi) is 3.76. The minimum Gasteiger partial charge on any atom is -0.456 e. The second-order valence-corrected chi connectivity index (χ2v) is 6.06. The first kappa shape index (κ1) is 14.5. The molecule has 2 aromatic rings. The molecule has 1 N–H and O–H groups in total. The van der Waals surface area contributed by atoms with E-state index < -0.39 is 0 Å². The van der Waals surface area contributed by atoms with Gasteiger partial charge in [0.2, 0.25) is 0 Å². The minimum atomic E-state index is -0.314. The Balaban J connectivity index is 2.00. The number of para-hydroxylation sites is 1. The number of ether oxygens (including phenoxy) is 1. The molecule has 114 valence electrons. The summed E-state index contributed by atoms with van der Waals surface area (Å²) in [5, 5.41) is 4.13. The van der Waals surface area contributed by atoms with Gasteiger partial charge >= 0.3 is 0 Å². The SMILES string of the molecule is CNC(c1cc2cccc(F)c2o1)C1C(C)OC(C)C1C. The maximum Gasteiger partial charge on any atom is 0.169 e. The lowest BCUT2D eigenvalue weighted by Crippen LogP contribution is -2.32. The van der Waals surface area contributed by atoms with Crippen LogP contribution in [0.4, 0.5) is 4.39 Å². The fourth-order valence-electron chi connectivity index (χ4n) is 3.59. The minimum absolute atomic E-state index is 0.0201. The van der Waals surface area contributed by atoms with Crippen LogP contribution < -0.4 is 5.32 Å². The lowest BCUT2D eigenvalue weighted by atomic mass is 9.82. The molecule has 5 unspecified atom stereocenters. The smallest absolute Gasteiger partial charge is 0.169 e. The molecule has 3 nitrogen and oxygen atoms in total. The van der Waals surface area contributed by atoms with Gasteiger partial charge in [-0.25, -0.2) is 4.39 Å². The highest BCUT2D eigenvalue weighted by molar-refractivity contribution is 5.78. The normalized spacial score (nSPS) is 30.9. The van der Waals surface area contributed by atoms with Crippen LogP contribution in [0.3, 0.4) is 0 Å². The van der Waals surface area contributed by atoms with E-state index in [9.17, 15) is 4.39 Å². The van der Waals surface area contributed by atoms with Gasteiger partial charge in [-0.1, -0.05) is 19.1 Å². The number of hydrogen-bond donors (Lipinski definition) is 1. The number of furan rings is 1. The van der Waals surface area contributed by atoms with Gasteiger partial charge in [0.15, 0.2) is 11.4 Å². The lowest BCUT2D eigenvalue weighted by Gasteiger charge is -2.27. The Morgan fingerprint density at radius 3 is 2.52 bits per heavy atom. The number of hydrogen-bond acceptors (Lipinski definition) is 3. The Bertz CT molecular complexity index is 639. The summed E-state index contributed by atoms with van der Waals surface area (Å²) >= 11 is 0. The summed E-state index contributed by atoms with van der Waals surface area (Å²) in [6, 6.07) is 6.96. The summed E-state index contributed by atoms with van der Waals surface area (Å²) in [6.07, 6.45) is 0.368. The summed E-state index contributed by atoms with van der Waals surface area (Å²) < 4.78 is 25.6. The van der Waals surface area contributed by atoms with Crippen LogP contribution in [0.2, 0.25) is 0 Å². The second kappa shape index (κ2) is 5.43. The van der Waals surface area contributed by atoms with Crippen LogP contribution in [0.5, 0.6) is 0 Å². The fourth-order valence-corrected chi connectivity index (χ4v) is 3.59. The molecule has 3 rings (SSSR count). The van der Waals surface area contributed by atoms with Gasteiger partial charge in [-0.2, -0.15) is 0 Å². The van der Waals surface area contributed by atoms with Crippen molar-refractivity contribution in [2.75, 3.05) is 7.05 Å². The molecule has 1 aliphatic rings. The first-order chi connectivity index (χ1) is 10.0. The van der Waals surface area contributed by atoms with Gasteiger partial charge in [0.25, 0.3) is 0 Å². The average molecular weight is 291 g/mol. The molecule has 0 aliphatic carbocycles. The van der Waals surface area contributed by atoms with Crippen molar-refractivity contribution in [1.82, 2.24) is 5.32 Å². The van der Waals surface area contributed by atoms with E-state index in [2.05, 4.69) is 26.1 Å². The molecule has 1 aromatic heterocycles. The molecule has 1 aliphatic heterocycles. The largest absolute Gasteiger partial charge is 0.456 e. The number of halogens is 1. The summed E-state index contributed by atoms with van der Waals surface area (Å²) in [7, 11) is 1.91. The van der Waals surface area contributed by atoms with Crippen LogP contribution in [0, 0.1) is 17.7 Å². The van der Waals surface area contributed by atoms with Crippen molar-refractivity contribution in [2.45, 2.75) is 39.0 Å². The zero-order valence-electron chi connectivity index (χ0n) is 12.9. The summed E-state index contributed by atoms with van der Waals surface area (Å²) in [5.41, 5.74) is 0.333. The van der Waals surface area contributed by atoms with Crippen molar-refractivity contribution in [3.63, 3.8) is 0 Å². The van der Waals surface area contributed by atoms with Gasteiger partial charge in [0, 0.05) is 11.3 Å². The highest BCUT2D eigenvalue weighted by atomic mass is 19.1. The van der Waals surface area contributed by atoms with E-state index in [1.165, 1.54) is 6.07 Å². The first-order valence-electron chi connectivity index (χ1n) is 7.53. The van der Waals surface area contributed by atoms with Gasteiger partial charge in [0.05, 0.1) is 18.2 Å². The topological polar surface area (TPSA) is 34.4 Å². The molecule has 0 saturated carbocycles. The van der Waals surface area contributed by atoms with Crippen LogP contribution in [-0.2, 0) is 4.74 Å². The van der Waals surface area contributed by atoms with Crippen LogP contribution in [0.15, 0.2) is 28.7 Å². The van der Waals surface area contributed by atoms with E-state index >= 15 is 0 Å². The highest BCUT2D eigenvalue weighted by Crippen LogP contribution is 2.41. The van der Waals surface area contributed by atoms with Crippen LogP contribution in [0.25, 0.3) is 11.0 Å². The molecule has 0 radical (unpaired) electrons. The predicted molar refractivity (Wildman–Crippen MR) is 80.6 cm³/mol. The Morgan fingerprint density at radius 1 is 1.19 bits per heavy atom. The van der Waals surface area contributed by atoms with Crippen molar-refractivity contribution in [3.05, 3.63) is 35.8 Å². The van der Waals surface area contributed by atoms with E-state index in [1.807, 2.05) is 19.2 Å². The van der Waals surface area contributed by atoms with E-state index in [1.54, 1.807) is 6.07 Å². The average Bonchev–Trinajstić information content (AvgIpc) is 2.97. The zero-order chi connectivity index (χ0) is 15.1. The maximum absolute atomic E-state index is 13.8. The third-order valence-electron chi connectivity index (χ3n) is 4.84. The number of fused-ring (bicyclic) bond motifs is 1. The Labute approximate surface area is 124 Å². The molecule has 21 heavy (non-hydrogen) atoms. The molecular formula is C17H22FNO2. The Morgan fingerprint density at radius 2 is 1.95 bits per heavy atom. The van der Waals surface area contributed by atoms with Crippen molar-refractivity contribution in [2.24, 2.45) is 11.8 Å². The second-order valence-electron chi connectivity index (χ2n) is 6.06. The van der Waals surface area contributed by atoms with Gasteiger partial charge < -0.3 is 14.5 Å². The number of nitrogens with one attached hydrogen (secondary N) is 1. The Hall–Kier alpha value is -1.39. The molecule has 4 heteroatoms. The standard InChI is InChI=1S/C17H22FNO2/c1-9-10(2)20-11(3)15(9)16(19-4)14-8-12-6-5-7-13(18)17(12)21-14/h5-11,15-16,19H,1-4H3. The molecule has 1 fully saturated rings. The highest BCUT2D eigenvalue weighted by Gasteiger charge is 2.42. The first-order valence-corrected chi connectivity index (χ1v) is 7.53. The summed E-state index contributed by atoms with van der Waals surface area (Å²) in [6.45, 7) is 6.40. The van der Waals surface area contributed by atoms with Gasteiger partial charge in [0.1, 0.15) is 5.76 Å². The third-order valence-corrected chi connectivity index (χ3v) is 4.84. The van der Waals surface area contributed by atoms with Crippen LogP contribution in [-0.4, -0.2) is 19.3 Å². The van der Waals surface area contributed by atoms with Crippen molar-refractivity contribution < 1.29 is 13.5 Å². The lowest BCUT2D eigenvalue weighted by molar-refractivity contribution is 0.0469. The van der Waals surface area contributed by atoms with E-state index in [0.717, 1.165) is 11.1 Å². The molecule has 0 bridgehead atoms. The molecule has 0 amide bonds. The van der Waals surface area contributed by atoms with Crippen LogP contribution in [0.1, 0.15) is 32.6 Å². The summed E-state index contributed by atoms with van der Waals surface area (Å²) in [5.74, 6) is 1.17.